The molecule has 0 heterocycles. The third-order valence-electron chi connectivity index (χ3n) is 2.99. The predicted octanol–water partition coefficient (Wildman–Crippen LogP) is 2.75. The Morgan fingerprint density at radius 2 is 2.31 bits per heavy atom. The molecule has 0 radical (unpaired) electrons. The van der Waals surface area contributed by atoms with Crippen LogP contribution in [0.2, 0.25) is 0 Å². The number of alkyl halides is 1. The van der Waals surface area contributed by atoms with Gasteiger partial charge in [0.15, 0.2) is 0 Å². The van der Waals surface area contributed by atoms with E-state index in [9.17, 15) is 4.79 Å². The van der Waals surface area contributed by atoms with E-state index >= 15 is 0 Å². The van der Waals surface area contributed by atoms with Crippen LogP contribution in [0.25, 0.3) is 0 Å². The lowest BCUT2D eigenvalue weighted by Crippen LogP contribution is -2.35. The van der Waals surface area contributed by atoms with Gasteiger partial charge in [0, 0.05) is 12.3 Å². The van der Waals surface area contributed by atoms with Crippen LogP contribution < -0.4 is 0 Å². The summed E-state index contributed by atoms with van der Waals surface area (Å²) < 4.78 is 5.34. The number of hydrogen-bond acceptors (Lipinski definition) is 2. The minimum Gasteiger partial charge on any atom is -0.361 e. The summed E-state index contributed by atoms with van der Waals surface area (Å²) in [5, 5.41) is 0. The molecule has 0 saturated heterocycles. The van der Waals surface area contributed by atoms with Crippen molar-refractivity contribution in [2.24, 2.45) is 5.92 Å². The van der Waals surface area contributed by atoms with Gasteiger partial charge in [-0.3, -0.25) is 9.69 Å². The molecular formula is C12H20ClNO2. The molecule has 0 aromatic carbocycles. The fourth-order valence-electron chi connectivity index (χ4n) is 2.15. The monoisotopic (exact) mass is 245 g/mol. The van der Waals surface area contributed by atoms with Crippen LogP contribution in [-0.4, -0.2) is 30.0 Å². The number of nitrogens with zero attached hydrogens (tertiary/aromatic N) is 1. The fraction of sp³-hybridized carbons (Fsp3) is 0.750. The molecule has 0 bridgehead atoms. The molecule has 3 nitrogen and oxygen atoms in total. The van der Waals surface area contributed by atoms with Crippen LogP contribution in [-0.2, 0) is 9.53 Å². The molecule has 16 heavy (non-hydrogen) atoms. The molecule has 0 aromatic heterocycles. The maximum Gasteiger partial charge on any atom is 0.243 e. The SMILES string of the molecule is CCOCN(C(=O)CCl)C1=C(C)CCC1C. The van der Waals surface area contributed by atoms with Gasteiger partial charge in [-0.1, -0.05) is 12.5 Å². The lowest BCUT2D eigenvalue weighted by molar-refractivity contribution is -0.131. The molecule has 0 aliphatic heterocycles. The van der Waals surface area contributed by atoms with E-state index in [0.717, 1.165) is 18.5 Å². The van der Waals surface area contributed by atoms with Crippen LogP contribution in [0.1, 0.15) is 33.6 Å². The first-order chi connectivity index (χ1) is 7.61. The van der Waals surface area contributed by atoms with Gasteiger partial charge in [0.1, 0.15) is 12.6 Å². The quantitative estimate of drug-likeness (QED) is 0.551. The number of ether oxygens (including phenoxy) is 1. The Balaban J connectivity index is 2.83. The zero-order valence-electron chi connectivity index (χ0n) is 10.3. The molecule has 1 aliphatic carbocycles. The maximum absolute atomic E-state index is 11.8. The van der Waals surface area contributed by atoms with Crippen molar-refractivity contribution in [3.05, 3.63) is 11.3 Å². The van der Waals surface area contributed by atoms with Gasteiger partial charge in [0.25, 0.3) is 0 Å². The molecular weight excluding hydrogens is 226 g/mol. The van der Waals surface area contributed by atoms with Crippen molar-refractivity contribution < 1.29 is 9.53 Å². The standard InChI is InChI=1S/C12H20ClNO2/c1-4-16-8-14(11(15)7-13)12-9(2)5-6-10(12)3/h9H,4-8H2,1-3H3. The van der Waals surface area contributed by atoms with Crippen LogP contribution in [0.15, 0.2) is 11.3 Å². The highest BCUT2D eigenvalue weighted by Crippen LogP contribution is 2.33. The van der Waals surface area contributed by atoms with Crippen molar-refractivity contribution in [2.75, 3.05) is 19.2 Å². The second-order valence-corrected chi connectivity index (χ2v) is 4.45. The molecule has 1 aliphatic rings. The number of rotatable bonds is 5. The van der Waals surface area contributed by atoms with Crippen molar-refractivity contribution in [3.63, 3.8) is 0 Å². The van der Waals surface area contributed by atoms with Gasteiger partial charge >= 0.3 is 0 Å². The summed E-state index contributed by atoms with van der Waals surface area (Å²) >= 11 is 5.63. The zero-order chi connectivity index (χ0) is 12.1. The summed E-state index contributed by atoms with van der Waals surface area (Å²) in [6, 6.07) is 0. The van der Waals surface area contributed by atoms with Crippen molar-refractivity contribution in [1.82, 2.24) is 4.90 Å². The van der Waals surface area contributed by atoms with Crippen LogP contribution in [0, 0.1) is 5.92 Å². The third-order valence-corrected chi connectivity index (χ3v) is 3.22. The lowest BCUT2D eigenvalue weighted by atomic mass is 10.1. The van der Waals surface area contributed by atoms with Gasteiger partial charge < -0.3 is 4.74 Å². The minimum atomic E-state index is -0.0711. The highest BCUT2D eigenvalue weighted by Gasteiger charge is 2.27. The largest absolute Gasteiger partial charge is 0.361 e. The lowest BCUT2D eigenvalue weighted by Gasteiger charge is -2.26. The molecule has 0 spiro atoms. The molecule has 0 fully saturated rings. The normalized spacial score (nSPS) is 20.4. The van der Waals surface area contributed by atoms with E-state index in [1.165, 1.54) is 5.57 Å². The summed E-state index contributed by atoms with van der Waals surface area (Å²) in [6.45, 7) is 7.07. The Bertz CT molecular complexity index is 289. The number of hydrogen-bond donors (Lipinski definition) is 0. The Kier molecular flexibility index (Phi) is 5.29. The maximum atomic E-state index is 11.8. The fourth-order valence-corrected chi connectivity index (χ4v) is 2.29. The number of carbonyl (C=O) groups is 1. The summed E-state index contributed by atoms with van der Waals surface area (Å²) in [6.07, 6.45) is 2.17. The van der Waals surface area contributed by atoms with Crippen LogP contribution >= 0.6 is 11.6 Å². The second kappa shape index (κ2) is 6.26. The summed E-state index contributed by atoms with van der Waals surface area (Å²) in [4.78, 5) is 13.5. The molecule has 1 unspecified atom stereocenters. The smallest absolute Gasteiger partial charge is 0.243 e. The molecule has 0 aromatic rings. The number of allylic oxidation sites excluding steroid dienone is 2. The van der Waals surface area contributed by atoms with Crippen molar-refractivity contribution in [2.45, 2.75) is 33.6 Å². The van der Waals surface area contributed by atoms with Gasteiger partial charge in [-0.05, 0) is 32.6 Å². The van der Waals surface area contributed by atoms with Crippen molar-refractivity contribution in [3.8, 4) is 0 Å². The van der Waals surface area contributed by atoms with E-state index in [1.54, 1.807) is 4.90 Å². The number of carbonyl (C=O) groups excluding carboxylic acids is 1. The Hall–Kier alpha value is -0.540. The number of amides is 1. The summed E-state index contributed by atoms with van der Waals surface area (Å²) in [7, 11) is 0. The number of halogens is 1. The first kappa shape index (κ1) is 13.5. The average molecular weight is 246 g/mol. The van der Waals surface area contributed by atoms with Gasteiger partial charge in [-0.15, -0.1) is 11.6 Å². The molecule has 1 atom stereocenters. The molecule has 92 valence electrons. The van der Waals surface area contributed by atoms with E-state index in [2.05, 4.69) is 13.8 Å². The van der Waals surface area contributed by atoms with Crippen molar-refractivity contribution in [1.29, 1.82) is 0 Å². The highest BCUT2D eigenvalue weighted by molar-refractivity contribution is 6.27. The van der Waals surface area contributed by atoms with E-state index in [-0.39, 0.29) is 11.8 Å². The van der Waals surface area contributed by atoms with E-state index in [0.29, 0.717) is 19.3 Å². The van der Waals surface area contributed by atoms with Crippen molar-refractivity contribution >= 4 is 17.5 Å². The highest BCUT2D eigenvalue weighted by atomic mass is 35.5. The summed E-state index contributed by atoms with van der Waals surface area (Å²) in [5.74, 6) is 0.363. The van der Waals surface area contributed by atoms with Crippen LogP contribution in [0.3, 0.4) is 0 Å². The third kappa shape index (κ3) is 2.98. The van der Waals surface area contributed by atoms with E-state index in [4.69, 9.17) is 16.3 Å². The van der Waals surface area contributed by atoms with Crippen LogP contribution in [0.5, 0.6) is 0 Å². The molecule has 0 N–H and O–H groups in total. The Morgan fingerprint density at radius 1 is 1.62 bits per heavy atom. The molecule has 4 heteroatoms. The van der Waals surface area contributed by atoms with Gasteiger partial charge in [0.2, 0.25) is 5.91 Å². The van der Waals surface area contributed by atoms with Gasteiger partial charge in [-0.25, -0.2) is 0 Å². The second-order valence-electron chi connectivity index (χ2n) is 4.18. The Morgan fingerprint density at radius 3 is 2.75 bits per heavy atom. The van der Waals surface area contributed by atoms with Gasteiger partial charge in [-0.2, -0.15) is 0 Å². The molecule has 1 amide bonds. The van der Waals surface area contributed by atoms with E-state index in [1.807, 2.05) is 6.92 Å². The Labute approximate surface area is 102 Å². The predicted molar refractivity (Wildman–Crippen MR) is 65.2 cm³/mol. The topological polar surface area (TPSA) is 29.5 Å². The summed E-state index contributed by atoms with van der Waals surface area (Å²) in [5.41, 5.74) is 2.39. The van der Waals surface area contributed by atoms with Crippen LogP contribution in [0.4, 0.5) is 0 Å². The first-order valence-corrected chi connectivity index (χ1v) is 6.29. The molecule has 1 rings (SSSR count). The first-order valence-electron chi connectivity index (χ1n) is 5.75. The minimum absolute atomic E-state index is 0.0105. The average Bonchev–Trinajstić information content (AvgIpc) is 2.60. The zero-order valence-corrected chi connectivity index (χ0v) is 11.0. The van der Waals surface area contributed by atoms with Gasteiger partial charge in [0.05, 0.1) is 0 Å². The molecule has 0 saturated carbocycles. The van der Waals surface area contributed by atoms with E-state index < -0.39 is 0 Å².